The van der Waals surface area contributed by atoms with Crippen LogP contribution in [0.15, 0.2) is 0 Å². The molecule has 19 heavy (non-hydrogen) atoms. The van der Waals surface area contributed by atoms with Crippen LogP contribution in [-0.2, 0) is 0 Å². The minimum atomic E-state index is -0.943. The maximum atomic E-state index is 10.7. The summed E-state index contributed by atoms with van der Waals surface area (Å²) in [5.74, 6) is -0.300. The number of rotatable bonds is 2. The summed E-state index contributed by atoms with van der Waals surface area (Å²) in [5.41, 5.74) is -1.37. The molecular weight excluding hydrogens is 244 g/mol. The van der Waals surface area contributed by atoms with Gasteiger partial charge in [-0.25, -0.2) is 0 Å². The van der Waals surface area contributed by atoms with Gasteiger partial charge in [0.25, 0.3) is 0 Å². The number of hydrogen-bond acceptors (Lipinski definition) is 4. The predicted octanol–water partition coefficient (Wildman–Crippen LogP) is 0.914. The van der Waals surface area contributed by atoms with Crippen molar-refractivity contribution in [2.45, 2.75) is 64.3 Å². The van der Waals surface area contributed by atoms with E-state index in [9.17, 15) is 20.4 Å². The molecule has 4 heteroatoms. The molecule has 0 saturated heterocycles. The quantitative estimate of drug-likeness (QED) is 0.602. The third kappa shape index (κ3) is 2.33. The Hall–Kier alpha value is -0.160. The molecule has 0 aromatic heterocycles. The highest BCUT2D eigenvalue weighted by Crippen LogP contribution is 2.56. The van der Waals surface area contributed by atoms with Crippen molar-refractivity contribution in [1.29, 1.82) is 0 Å². The largest absolute Gasteiger partial charge is 0.396 e. The van der Waals surface area contributed by atoms with Crippen molar-refractivity contribution in [2.75, 3.05) is 6.61 Å². The van der Waals surface area contributed by atoms with Gasteiger partial charge in [0.05, 0.1) is 17.8 Å². The summed E-state index contributed by atoms with van der Waals surface area (Å²) >= 11 is 0. The zero-order valence-corrected chi connectivity index (χ0v) is 12.2. The highest BCUT2D eigenvalue weighted by Gasteiger charge is 2.59. The van der Waals surface area contributed by atoms with E-state index in [4.69, 9.17) is 0 Å². The molecule has 0 spiro atoms. The van der Waals surface area contributed by atoms with Crippen molar-refractivity contribution in [3.63, 3.8) is 0 Å². The number of aliphatic hydroxyl groups excluding tert-OH is 3. The summed E-state index contributed by atoms with van der Waals surface area (Å²) in [7, 11) is 0. The maximum Gasteiger partial charge on any atom is 0.0679 e. The Morgan fingerprint density at radius 3 is 2.37 bits per heavy atom. The molecule has 0 amide bonds. The molecule has 0 aliphatic heterocycles. The van der Waals surface area contributed by atoms with E-state index in [-0.39, 0.29) is 24.4 Å². The van der Waals surface area contributed by atoms with Crippen LogP contribution in [0.2, 0.25) is 0 Å². The second-order valence-electron chi connectivity index (χ2n) is 7.25. The lowest BCUT2D eigenvalue weighted by atomic mass is 9.50. The van der Waals surface area contributed by atoms with Crippen LogP contribution in [0.4, 0.5) is 0 Å². The molecule has 2 saturated carbocycles. The predicted molar refractivity (Wildman–Crippen MR) is 72.4 cm³/mol. The molecule has 0 aromatic rings. The molecule has 0 unspecified atom stereocenters. The highest BCUT2D eigenvalue weighted by molar-refractivity contribution is 5.09. The lowest BCUT2D eigenvalue weighted by molar-refractivity contribution is -0.221. The van der Waals surface area contributed by atoms with E-state index in [1.54, 1.807) is 6.92 Å². The summed E-state index contributed by atoms with van der Waals surface area (Å²) in [6.45, 7) is 5.75. The first-order chi connectivity index (χ1) is 8.74. The van der Waals surface area contributed by atoms with Crippen LogP contribution >= 0.6 is 0 Å². The molecule has 7 atom stereocenters. The Morgan fingerprint density at radius 2 is 1.79 bits per heavy atom. The Labute approximate surface area is 115 Å². The van der Waals surface area contributed by atoms with Crippen molar-refractivity contribution in [3.8, 4) is 0 Å². The first-order valence-corrected chi connectivity index (χ1v) is 7.43. The van der Waals surface area contributed by atoms with Gasteiger partial charge >= 0.3 is 0 Å². The Bertz CT molecular complexity index is 330. The van der Waals surface area contributed by atoms with Crippen molar-refractivity contribution in [3.05, 3.63) is 0 Å². The fraction of sp³-hybridized carbons (Fsp3) is 1.00. The summed E-state index contributed by atoms with van der Waals surface area (Å²) in [6.07, 6.45) is 1.58. The Morgan fingerprint density at radius 1 is 1.16 bits per heavy atom. The molecule has 2 fully saturated rings. The van der Waals surface area contributed by atoms with Crippen LogP contribution in [0.3, 0.4) is 0 Å². The first kappa shape index (κ1) is 15.2. The van der Waals surface area contributed by atoms with Crippen LogP contribution in [0, 0.1) is 23.2 Å². The van der Waals surface area contributed by atoms with E-state index >= 15 is 0 Å². The van der Waals surface area contributed by atoms with Gasteiger partial charge in [-0.15, -0.1) is 0 Å². The van der Waals surface area contributed by atoms with E-state index in [0.29, 0.717) is 12.8 Å². The molecular formula is C15H28O4. The van der Waals surface area contributed by atoms with Crippen molar-refractivity contribution in [2.24, 2.45) is 23.2 Å². The van der Waals surface area contributed by atoms with E-state index < -0.39 is 23.2 Å². The van der Waals surface area contributed by atoms with Gasteiger partial charge in [0.15, 0.2) is 0 Å². The average Bonchev–Trinajstić information content (AvgIpc) is 2.33. The Balaban J connectivity index is 2.32. The number of hydrogen-bond donors (Lipinski definition) is 4. The summed E-state index contributed by atoms with van der Waals surface area (Å²) in [4.78, 5) is 0. The fourth-order valence-electron chi connectivity index (χ4n) is 4.56. The van der Waals surface area contributed by atoms with Crippen LogP contribution in [0.5, 0.6) is 0 Å². The standard InChI is InChI=1S/C15H28O4/c1-9(8-16)10-4-6-14(2)11(17)5-7-15(3,19)13(14)12(10)18/h9-13,16-19H,4-8H2,1-3H3/t9-,10+,11-,12-,13-,14+,15-/m1/s1. The van der Waals surface area contributed by atoms with E-state index in [1.807, 2.05) is 13.8 Å². The second-order valence-corrected chi connectivity index (χ2v) is 7.25. The number of fused-ring (bicyclic) bond motifs is 1. The highest BCUT2D eigenvalue weighted by atomic mass is 16.3. The van der Waals surface area contributed by atoms with E-state index in [0.717, 1.165) is 12.8 Å². The van der Waals surface area contributed by atoms with Crippen LogP contribution in [0.1, 0.15) is 46.5 Å². The van der Waals surface area contributed by atoms with Crippen LogP contribution in [-0.4, -0.2) is 44.8 Å². The van der Waals surface area contributed by atoms with Gasteiger partial charge in [-0.3, -0.25) is 0 Å². The van der Waals surface area contributed by atoms with Gasteiger partial charge in [-0.2, -0.15) is 0 Å². The van der Waals surface area contributed by atoms with Crippen LogP contribution < -0.4 is 0 Å². The van der Waals surface area contributed by atoms with Gasteiger partial charge in [0.1, 0.15) is 0 Å². The van der Waals surface area contributed by atoms with Gasteiger partial charge in [-0.05, 0) is 44.4 Å². The molecule has 2 aliphatic carbocycles. The molecule has 4 nitrogen and oxygen atoms in total. The first-order valence-electron chi connectivity index (χ1n) is 7.43. The molecule has 2 aliphatic rings. The average molecular weight is 272 g/mol. The normalized spacial score (nSPS) is 52.6. The Kier molecular flexibility index (Phi) is 4.00. The summed E-state index contributed by atoms with van der Waals surface area (Å²) in [6, 6.07) is 0. The molecule has 0 bridgehead atoms. The molecule has 4 N–H and O–H groups in total. The monoisotopic (exact) mass is 272 g/mol. The third-order valence-electron chi connectivity index (χ3n) is 5.88. The van der Waals surface area contributed by atoms with Gasteiger partial charge in [0.2, 0.25) is 0 Å². The third-order valence-corrected chi connectivity index (χ3v) is 5.88. The molecule has 0 aromatic carbocycles. The minimum Gasteiger partial charge on any atom is -0.396 e. The number of aliphatic hydroxyl groups is 4. The van der Waals surface area contributed by atoms with Crippen LogP contribution in [0.25, 0.3) is 0 Å². The van der Waals surface area contributed by atoms with E-state index in [1.165, 1.54) is 0 Å². The molecule has 0 radical (unpaired) electrons. The minimum absolute atomic E-state index is 0.000139. The second kappa shape index (κ2) is 4.99. The summed E-state index contributed by atoms with van der Waals surface area (Å²) < 4.78 is 0. The topological polar surface area (TPSA) is 80.9 Å². The fourth-order valence-corrected chi connectivity index (χ4v) is 4.56. The SMILES string of the molecule is C[C@H](CO)[C@@H]1CC[C@@]2(C)[C@H](O)CC[C@@](C)(O)[C@@H]2[C@@H]1O. The zero-order valence-electron chi connectivity index (χ0n) is 12.2. The van der Waals surface area contributed by atoms with Crippen molar-refractivity contribution >= 4 is 0 Å². The smallest absolute Gasteiger partial charge is 0.0679 e. The molecule has 0 heterocycles. The van der Waals surface area contributed by atoms with Gasteiger partial charge < -0.3 is 20.4 Å². The van der Waals surface area contributed by atoms with Crippen molar-refractivity contribution in [1.82, 2.24) is 0 Å². The zero-order chi connectivity index (χ0) is 14.4. The van der Waals surface area contributed by atoms with Gasteiger partial charge in [0, 0.05) is 17.9 Å². The molecule has 112 valence electrons. The van der Waals surface area contributed by atoms with Crippen molar-refractivity contribution < 1.29 is 20.4 Å². The lowest BCUT2D eigenvalue weighted by Gasteiger charge is -2.58. The summed E-state index contributed by atoms with van der Waals surface area (Å²) in [5, 5.41) is 41.0. The van der Waals surface area contributed by atoms with Gasteiger partial charge in [-0.1, -0.05) is 13.8 Å². The maximum absolute atomic E-state index is 10.7. The molecule has 2 rings (SSSR count). The van der Waals surface area contributed by atoms with E-state index in [2.05, 4.69) is 0 Å². The lowest BCUT2D eigenvalue weighted by Crippen LogP contribution is -2.63.